The molecule has 0 aromatic carbocycles. The molecule has 3 fully saturated rings. The second-order valence-corrected chi connectivity index (χ2v) is 8.87. The Hall–Kier alpha value is -1.94. The molecule has 172 valence electrons. The molecule has 1 aliphatic carbocycles. The smallest absolute Gasteiger partial charge is 0.381 e. The molecular formula is C21H30F3N5O2. The van der Waals surface area contributed by atoms with Gasteiger partial charge in [-0.1, -0.05) is 6.92 Å². The Bertz CT molecular complexity index is 770. The first-order chi connectivity index (χ1) is 14.8. The van der Waals surface area contributed by atoms with Crippen LogP contribution in [0.1, 0.15) is 38.3 Å². The van der Waals surface area contributed by atoms with Crippen molar-refractivity contribution in [3.8, 4) is 0 Å². The zero-order chi connectivity index (χ0) is 22.0. The standard InChI is InChI=1S/C21H30F3N5O2/c1-14-13-31-11-5-17(14)26-16-3-2-15(12-16)19(30)28-7-9-29(10-8-28)20-25-6-4-18(27-20)21(22,23)24/h4,6,14-17,26H,2-3,5,7-13H2,1H3. The lowest BCUT2D eigenvalue weighted by Gasteiger charge is -2.36. The number of carbonyl (C=O) groups is 1. The van der Waals surface area contributed by atoms with Crippen LogP contribution in [-0.2, 0) is 15.7 Å². The fourth-order valence-electron chi connectivity index (χ4n) is 4.83. The normalized spacial score (nSPS) is 29.9. The van der Waals surface area contributed by atoms with Gasteiger partial charge < -0.3 is 19.9 Å². The number of amides is 1. The van der Waals surface area contributed by atoms with Gasteiger partial charge in [0.1, 0.15) is 5.69 Å². The Balaban J connectivity index is 1.27. The Kier molecular flexibility index (Phi) is 6.66. The van der Waals surface area contributed by atoms with Gasteiger partial charge in [0, 0.05) is 57.0 Å². The summed E-state index contributed by atoms with van der Waals surface area (Å²) in [4.78, 5) is 24.2. The zero-order valence-electron chi connectivity index (χ0n) is 17.8. The molecule has 1 N–H and O–H groups in total. The summed E-state index contributed by atoms with van der Waals surface area (Å²) in [5, 5.41) is 3.73. The fourth-order valence-corrected chi connectivity index (χ4v) is 4.83. The van der Waals surface area contributed by atoms with Crippen LogP contribution in [0.3, 0.4) is 0 Å². The molecule has 3 aliphatic rings. The van der Waals surface area contributed by atoms with Crippen molar-refractivity contribution in [3.63, 3.8) is 0 Å². The molecule has 10 heteroatoms. The third kappa shape index (κ3) is 5.28. The van der Waals surface area contributed by atoms with Crippen molar-refractivity contribution in [2.24, 2.45) is 11.8 Å². The van der Waals surface area contributed by atoms with Crippen LogP contribution in [0.25, 0.3) is 0 Å². The van der Waals surface area contributed by atoms with E-state index >= 15 is 0 Å². The molecule has 1 amide bonds. The lowest BCUT2D eigenvalue weighted by atomic mass is 9.96. The molecule has 3 heterocycles. The summed E-state index contributed by atoms with van der Waals surface area (Å²) < 4.78 is 44.2. The molecule has 0 bridgehead atoms. The third-order valence-corrected chi connectivity index (χ3v) is 6.68. The van der Waals surface area contributed by atoms with E-state index in [4.69, 9.17) is 4.74 Å². The van der Waals surface area contributed by atoms with Crippen molar-refractivity contribution < 1.29 is 22.7 Å². The summed E-state index contributed by atoms with van der Waals surface area (Å²) >= 11 is 0. The molecule has 0 spiro atoms. The molecule has 31 heavy (non-hydrogen) atoms. The third-order valence-electron chi connectivity index (χ3n) is 6.68. The number of alkyl halides is 3. The number of halogens is 3. The van der Waals surface area contributed by atoms with Crippen molar-refractivity contribution in [2.45, 2.75) is 50.9 Å². The minimum atomic E-state index is -4.50. The molecule has 4 atom stereocenters. The lowest BCUT2D eigenvalue weighted by Crippen LogP contribution is -2.51. The lowest BCUT2D eigenvalue weighted by molar-refractivity contribution is -0.141. The van der Waals surface area contributed by atoms with Crippen LogP contribution < -0.4 is 10.2 Å². The molecule has 2 aliphatic heterocycles. The van der Waals surface area contributed by atoms with Crippen LogP contribution >= 0.6 is 0 Å². The number of hydrogen-bond acceptors (Lipinski definition) is 6. The molecule has 1 aromatic rings. The minimum Gasteiger partial charge on any atom is -0.381 e. The fraction of sp³-hybridized carbons (Fsp3) is 0.762. The van der Waals surface area contributed by atoms with Gasteiger partial charge in [0.25, 0.3) is 0 Å². The number of piperazine rings is 1. The Labute approximate surface area is 180 Å². The number of carbonyl (C=O) groups excluding carboxylic acids is 1. The van der Waals surface area contributed by atoms with E-state index < -0.39 is 11.9 Å². The summed E-state index contributed by atoms with van der Waals surface area (Å²) in [5.74, 6) is 0.727. The number of nitrogens with zero attached hydrogens (tertiary/aromatic N) is 4. The van der Waals surface area contributed by atoms with E-state index in [1.165, 1.54) is 0 Å². The topological polar surface area (TPSA) is 70.6 Å². The Morgan fingerprint density at radius 1 is 1.19 bits per heavy atom. The highest BCUT2D eigenvalue weighted by Gasteiger charge is 2.36. The minimum absolute atomic E-state index is 0.0176. The summed E-state index contributed by atoms with van der Waals surface area (Å²) in [7, 11) is 0. The average Bonchev–Trinajstić information content (AvgIpc) is 3.23. The largest absolute Gasteiger partial charge is 0.433 e. The van der Waals surface area contributed by atoms with Gasteiger partial charge in [-0.15, -0.1) is 0 Å². The van der Waals surface area contributed by atoms with Crippen LogP contribution in [0.5, 0.6) is 0 Å². The van der Waals surface area contributed by atoms with Crippen LogP contribution in [0.15, 0.2) is 12.3 Å². The molecule has 4 rings (SSSR count). The predicted molar refractivity (Wildman–Crippen MR) is 108 cm³/mol. The maximum absolute atomic E-state index is 13.0. The molecule has 0 radical (unpaired) electrons. The molecular weight excluding hydrogens is 411 g/mol. The van der Waals surface area contributed by atoms with Gasteiger partial charge in [0.15, 0.2) is 0 Å². The maximum Gasteiger partial charge on any atom is 0.433 e. The Morgan fingerprint density at radius 2 is 1.97 bits per heavy atom. The van der Waals surface area contributed by atoms with Gasteiger partial charge in [-0.05, 0) is 37.7 Å². The molecule has 7 nitrogen and oxygen atoms in total. The van der Waals surface area contributed by atoms with Crippen LogP contribution in [-0.4, -0.2) is 72.3 Å². The Morgan fingerprint density at radius 3 is 2.68 bits per heavy atom. The molecule has 4 unspecified atom stereocenters. The number of hydrogen-bond donors (Lipinski definition) is 1. The van der Waals surface area contributed by atoms with Gasteiger partial charge in [0.05, 0.1) is 6.61 Å². The second-order valence-electron chi connectivity index (χ2n) is 8.87. The van der Waals surface area contributed by atoms with E-state index in [9.17, 15) is 18.0 Å². The van der Waals surface area contributed by atoms with Crippen LogP contribution in [0, 0.1) is 11.8 Å². The van der Waals surface area contributed by atoms with Crippen molar-refractivity contribution in [1.29, 1.82) is 0 Å². The van der Waals surface area contributed by atoms with E-state index in [0.717, 1.165) is 51.2 Å². The zero-order valence-corrected chi connectivity index (χ0v) is 17.8. The molecule has 2 saturated heterocycles. The van der Waals surface area contributed by atoms with E-state index in [0.29, 0.717) is 44.2 Å². The summed E-state index contributed by atoms with van der Waals surface area (Å²) in [6, 6.07) is 1.68. The maximum atomic E-state index is 13.0. The van der Waals surface area contributed by atoms with E-state index in [-0.39, 0.29) is 17.8 Å². The van der Waals surface area contributed by atoms with Gasteiger partial charge in [0.2, 0.25) is 11.9 Å². The second kappa shape index (κ2) is 9.28. The van der Waals surface area contributed by atoms with Crippen LogP contribution in [0.4, 0.5) is 19.1 Å². The van der Waals surface area contributed by atoms with Crippen molar-refractivity contribution in [1.82, 2.24) is 20.2 Å². The molecule has 1 aromatic heterocycles. The monoisotopic (exact) mass is 441 g/mol. The van der Waals surface area contributed by atoms with E-state index in [2.05, 4.69) is 22.2 Å². The van der Waals surface area contributed by atoms with Crippen molar-refractivity contribution in [2.75, 3.05) is 44.3 Å². The highest BCUT2D eigenvalue weighted by Crippen LogP contribution is 2.30. The van der Waals surface area contributed by atoms with Gasteiger partial charge in [-0.25, -0.2) is 9.97 Å². The first-order valence-corrected chi connectivity index (χ1v) is 11.1. The molecule has 1 saturated carbocycles. The number of aromatic nitrogens is 2. The average molecular weight is 441 g/mol. The summed E-state index contributed by atoms with van der Waals surface area (Å²) in [6.07, 6.45) is 0.373. The number of rotatable bonds is 4. The van der Waals surface area contributed by atoms with Crippen molar-refractivity contribution in [3.05, 3.63) is 18.0 Å². The van der Waals surface area contributed by atoms with E-state index in [1.54, 1.807) is 4.90 Å². The van der Waals surface area contributed by atoms with Gasteiger partial charge >= 0.3 is 6.18 Å². The quantitative estimate of drug-likeness (QED) is 0.774. The number of nitrogens with one attached hydrogen (secondary N) is 1. The first-order valence-electron chi connectivity index (χ1n) is 11.1. The van der Waals surface area contributed by atoms with Crippen molar-refractivity contribution >= 4 is 11.9 Å². The summed E-state index contributed by atoms with van der Waals surface area (Å²) in [6.45, 7) is 5.59. The first kappa shape index (κ1) is 22.3. The van der Waals surface area contributed by atoms with Gasteiger partial charge in [-0.2, -0.15) is 13.2 Å². The predicted octanol–water partition coefficient (Wildman–Crippen LogP) is 2.33. The summed E-state index contributed by atoms with van der Waals surface area (Å²) in [5.41, 5.74) is -0.945. The number of anilines is 1. The van der Waals surface area contributed by atoms with E-state index in [1.807, 2.05) is 4.90 Å². The SMILES string of the molecule is CC1COCCC1NC1CCC(C(=O)N2CCN(c3nccc(C(F)(F)F)n3)CC2)C1. The van der Waals surface area contributed by atoms with Gasteiger partial charge in [-0.3, -0.25) is 4.79 Å². The highest BCUT2D eigenvalue weighted by molar-refractivity contribution is 5.79. The van der Waals surface area contributed by atoms with Crippen LogP contribution in [0.2, 0.25) is 0 Å². The number of ether oxygens (including phenoxy) is 1. The highest BCUT2D eigenvalue weighted by atomic mass is 19.4.